The molecular formula is C13H15ClFNO2. The summed E-state index contributed by atoms with van der Waals surface area (Å²) in [5, 5.41) is 9.77. The minimum absolute atomic E-state index is 0.0511. The third-order valence-corrected chi connectivity index (χ3v) is 3.58. The molecule has 1 fully saturated rings. The van der Waals surface area contributed by atoms with Crippen LogP contribution in [-0.4, -0.2) is 34.6 Å². The van der Waals surface area contributed by atoms with Crippen molar-refractivity contribution in [2.45, 2.75) is 25.4 Å². The molecule has 0 aromatic heterocycles. The second-order valence-corrected chi connectivity index (χ2v) is 5.33. The van der Waals surface area contributed by atoms with Gasteiger partial charge in [-0.15, -0.1) is 0 Å². The molecule has 1 aliphatic rings. The number of benzene rings is 1. The lowest BCUT2D eigenvalue weighted by Crippen LogP contribution is -2.45. The number of rotatable bonds is 1. The van der Waals surface area contributed by atoms with Crippen LogP contribution in [0.25, 0.3) is 0 Å². The number of carbonyl (C=O) groups is 1. The van der Waals surface area contributed by atoms with Crippen LogP contribution in [0.3, 0.4) is 0 Å². The van der Waals surface area contributed by atoms with Crippen molar-refractivity contribution in [3.8, 4) is 0 Å². The molecule has 0 atom stereocenters. The number of nitrogens with zero attached hydrogens (tertiary/aromatic N) is 1. The molecule has 98 valence electrons. The summed E-state index contributed by atoms with van der Waals surface area (Å²) in [5.41, 5.74) is -0.319. The molecule has 0 radical (unpaired) electrons. The van der Waals surface area contributed by atoms with Crippen molar-refractivity contribution in [2.24, 2.45) is 0 Å². The van der Waals surface area contributed by atoms with Crippen molar-refractivity contribution in [1.29, 1.82) is 0 Å². The van der Waals surface area contributed by atoms with E-state index in [1.165, 1.54) is 18.2 Å². The first kappa shape index (κ1) is 13.3. The van der Waals surface area contributed by atoms with Gasteiger partial charge in [-0.05, 0) is 38.0 Å². The summed E-state index contributed by atoms with van der Waals surface area (Å²) in [6.45, 7) is 2.77. The smallest absolute Gasteiger partial charge is 0.253 e. The first-order valence-corrected chi connectivity index (χ1v) is 6.23. The molecule has 0 aliphatic carbocycles. The number of carbonyl (C=O) groups excluding carboxylic acids is 1. The summed E-state index contributed by atoms with van der Waals surface area (Å²) >= 11 is 5.66. The van der Waals surface area contributed by atoms with Gasteiger partial charge >= 0.3 is 0 Å². The summed E-state index contributed by atoms with van der Waals surface area (Å²) in [4.78, 5) is 13.8. The van der Waals surface area contributed by atoms with Crippen LogP contribution in [0.5, 0.6) is 0 Å². The first-order chi connectivity index (χ1) is 8.39. The number of piperidine rings is 1. The molecule has 0 bridgehead atoms. The maximum Gasteiger partial charge on any atom is 0.253 e. The van der Waals surface area contributed by atoms with Crippen LogP contribution < -0.4 is 0 Å². The number of hydrogen-bond acceptors (Lipinski definition) is 2. The maximum absolute atomic E-state index is 13.0. The largest absolute Gasteiger partial charge is 0.390 e. The topological polar surface area (TPSA) is 40.5 Å². The Labute approximate surface area is 110 Å². The molecule has 1 aliphatic heterocycles. The lowest BCUT2D eigenvalue weighted by Gasteiger charge is -2.35. The molecule has 0 spiro atoms. The molecular weight excluding hydrogens is 257 g/mol. The van der Waals surface area contributed by atoms with Crippen LogP contribution in [0.2, 0.25) is 5.02 Å². The van der Waals surface area contributed by atoms with Gasteiger partial charge in [0.15, 0.2) is 0 Å². The predicted octanol–water partition coefficient (Wildman–Crippen LogP) is 2.47. The highest BCUT2D eigenvalue weighted by Gasteiger charge is 2.30. The van der Waals surface area contributed by atoms with Crippen molar-refractivity contribution < 1.29 is 14.3 Å². The number of aliphatic hydroxyl groups is 1. The Bertz CT molecular complexity index is 466. The molecule has 18 heavy (non-hydrogen) atoms. The zero-order valence-electron chi connectivity index (χ0n) is 10.1. The number of halogens is 2. The van der Waals surface area contributed by atoms with E-state index in [1.54, 1.807) is 11.8 Å². The number of likely N-dealkylation sites (tertiary alicyclic amines) is 1. The highest BCUT2D eigenvalue weighted by molar-refractivity contribution is 6.31. The van der Waals surface area contributed by atoms with E-state index in [0.717, 1.165) is 0 Å². The van der Waals surface area contributed by atoms with Gasteiger partial charge in [-0.2, -0.15) is 0 Å². The van der Waals surface area contributed by atoms with E-state index in [9.17, 15) is 14.3 Å². The molecule has 3 nitrogen and oxygen atoms in total. The van der Waals surface area contributed by atoms with Crippen LogP contribution in [0.4, 0.5) is 4.39 Å². The Balaban J connectivity index is 2.10. The molecule has 1 saturated heterocycles. The molecule has 1 aromatic carbocycles. The van der Waals surface area contributed by atoms with Gasteiger partial charge in [0, 0.05) is 18.7 Å². The van der Waals surface area contributed by atoms with E-state index < -0.39 is 11.4 Å². The molecule has 5 heteroatoms. The van der Waals surface area contributed by atoms with Crippen LogP contribution in [0, 0.1) is 5.82 Å². The molecule has 2 rings (SSSR count). The summed E-state index contributed by atoms with van der Waals surface area (Å²) in [6.07, 6.45) is 1.10. The molecule has 0 unspecified atom stereocenters. The molecule has 0 saturated carbocycles. The van der Waals surface area contributed by atoms with E-state index in [0.29, 0.717) is 31.5 Å². The second kappa shape index (κ2) is 4.86. The Morgan fingerprint density at radius 2 is 2.06 bits per heavy atom. The maximum atomic E-state index is 13.0. The highest BCUT2D eigenvalue weighted by atomic mass is 35.5. The Hall–Kier alpha value is -1.13. The van der Waals surface area contributed by atoms with Crippen molar-refractivity contribution >= 4 is 17.5 Å². The Morgan fingerprint density at radius 1 is 1.44 bits per heavy atom. The van der Waals surface area contributed by atoms with E-state index in [4.69, 9.17) is 11.6 Å². The molecule has 1 N–H and O–H groups in total. The van der Waals surface area contributed by atoms with Crippen molar-refractivity contribution in [2.75, 3.05) is 13.1 Å². The van der Waals surface area contributed by atoms with E-state index in [-0.39, 0.29) is 10.9 Å². The normalized spacial score (nSPS) is 18.8. The monoisotopic (exact) mass is 271 g/mol. The summed E-state index contributed by atoms with van der Waals surface area (Å²) in [5.74, 6) is -0.706. The van der Waals surface area contributed by atoms with Gasteiger partial charge in [0.05, 0.1) is 10.6 Å². The first-order valence-electron chi connectivity index (χ1n) is 5.86. The zero-order valence-corrected chi connectivity index (χ0v) is 10.9. The van der Waals surface area contributed by atoms with E-state index in [2.05, 4.69) is 0 Å². The zero-order chi connectivity index (χ0) is 13.3. The SMILES string of the molecule is CC1(O)CCN(C(=O)c2ccc(F)c(Cl)c2)CC1. The molecule has 1 aromatic rings. The van der Waals surface area contributed by atoms with Gasteiger partial charge in [-0.25, -0.2) is 4.39 Å². The average molecular weight is 272 g/mol. The van der Waals surface area contributed by atoms with Crippen LogP contribution in [0.15, 0.2) is 18.2 Å². The van der Waals surface area contributed by atoms with Crippen LogP contribution in [0.1, 0.15) is 30.1 Å². The van der Waals surface area contributed by atoms with Gasteiger partial charge in [0.25, 0.3) is 5.91 Å². The summed E-state index contributed by atoms with van der Waals surface area (Å²) in [7, 11) is 0. The fourth-order valence-electron chi connectivity index (χ4n) is 2.00. The fraction of sp³-hybridized carbons (Fsp3) is 0.462. The summed E-state index contributed by atoms with van der Waals surface area (Å²) in [6, 6.07) is 3.96. The van der Waals surface area contributed by atoms with Gasteiger partial charge < -0.3 is 10.0 Å². The van der Waals surface area contributed by atoms with Gasteiger partial charge in [-0.1, -0.05) is 11.6 Å². The number of hydrogen-bond donors (Lipinski definition) is 1. The highest BCUT2D eigenvalue weighted by Crippen LogP contribution is 2.23. The second-order valence-electron chi connectivity index (χ2n) is 4.92. The summed E-state index contributed by atoms with van der Waals surface area (Å²) < 4.78 is 13.0. The predicted molar refractivity (Wildman–Crippen MR) is 67.2 cm³/mol. The third kappa shape index (κ3) is 2.82. The van der Waals surface area contributed by atoms with Crippen molar-refractivity contribution in [3.63, 3.8) is 0 Å². The van der Waals surface area contributed by atoms with Crippen molar-refractivity contribution in [1.82, 2.24) is 4.90 Å². The van der Waals surface area contributed by atoms with Crippen LogP contribution in [-0.2, 0) is 0 Å². The molecule has 1 amide bonds. The van der Waals surface area contributed by atoms with Gasteiger partial charge in [0.2, 0.25) is 0 Å². The lowest BCUT2D eigenvalue weighted by atomic mass is 9.93. The lowest BCUT2D eigenvalue weighted by molar-refractivity contribution is -0.00202. The standard InChI is InChI=1S/C13H15ClFNO2/c1-13(18)4-6-16(7-5-13)12(17)9-2-3-11(15)10(14)8-9/h2-3,8,18H,4-7H2,1H3. The quantitative estimate of drug-likeness (QED) is 0.852. The van der Waals surface area contributed by atoms with E-state index in [1.807, 2.05) is 0 Å². The van der Waals surface area contributed by atoms with Gasteiger partial charge in [0.1, 0.15) is 5.82 Å². The minimum Gasteiger partial charge on any atom is -0.390 e. The molecule has 1 heterocycles. The van der Waals surface area contributed by atoms with Gasteiger partial charge in [-0.3, -0.25) is 4.79 Å². The number of amides is 1. The van der Waals surface area contributed by atoms with Crippen molar-refractivity contribution in [3.05, 3.63) is 34.6 Å². The van der Waals surface area contributed by atoms with Crippen LogP contribution >= 0.6 is 11.6 Å². The Morgan fingerprint density at radius 3 is 2.61 bits per heavy atom. The Kier molecular flexibility index (Phi) is 3.59. The third-order valence-electron chi connectivity index (χ3n) is 3.29. The fourth-order valence-corrected chi connectivity index (χ4v) is 2.18. The minimum atomic E-state index is -0.697. The van der Waals surface area contributed by atoms with E-state index >= 15 is 0 Å². The average Bonchev–Trinajstić information content (AvgIpc) is 2.32.